The van der Waals surface area contributed by atoms with Crippen LogP contribution in [0.4, 0.5) is 0 Å². The van der Waals surface area contributed by atoms with Crippen molar-refractivity contribution in [2.75, 3.05) is 0 Å². The molecule has 0 saturated heterocycles. The fourth-order valence-corrected chi connectivity index (χ4v) is 14.4. The molecule has 0 atom stereocenters. The van der Waals surface area contributed by atoms with Crippen molar-refractivity contribution in [2.24, 2.45) is 0 Å². The summed E-state index contributed by atoms with van der Waals surface area (Å²) in [4.78, 5) is 130. The molecule has 0 fully saturated rings. The standard InChI is InChI=1S/C44H28O6.C27H18O6.C14H10O4.C12H8O4.C8H6O4/c1-26-2-4-27(5-3-26)38-22-40(29-10-14-32(15-11-29)49-24-45)36-20-21-37-41(30-12-16-33(17-13-30)50-25-46)23-39(28-6-8-31(9-7-28)44(47)48)35-19-18-34(38)42(36)43(35)37;28-16-33-25-11-9-19(10-12-25)24-14-22(17-1-5-20(6-2-17)26(29)30)13-23(15-24)18-3-7-21(8-4-18)27(31)32;15-13(16)11-5-1-9(2-6-11)10-3-7-12(8-4-10)14(17)18;13-11(14)9-3-1-7-5-10(12(15)16)4-2-8(7)6-9;9-7(10)5-1-2-6(4-3-5)8(11)12/h2-25H,1H3,(H,47,48);1-16H,(H,29,30)(H,31,32);1-8H,(H,15,16)(H,17,18);1-6H,(H,13,14)(H,15,16);1-4H,(H,9,10)(H,11,12). The molecule has 0 spiro atoms. The van der Waals surface area contributed by atoms with Gasteiger partial charge in [-0.05, 0) is 315 Å². The van der Waals surface area contributed by atoms with Crippen LogP contribution in [0.25, 0.3) is 132 Å². The summed E-state index contributed by atoms with van der Waals surface area (Å²) in [7, 11) is 0. The van der Waals surface area contributed by atoms with Gasteiger partial charge in [-0.25, -0.2) is 43.2 Å². The first-order valence-corrected chi connectivity index (χ1v) is 39.0. The molecule has 24 nitrogen and oxygen atoms in total. The Morgan fingerprint density at radius 1 is 0.194 bits per heavy atom. The summed E-state index contributed by atoms with van der Waals surface area (Å²) in [6.07, 6.45) is 0. The fourth-order valence-electron chi connectivity index (χ4n) is 14.4. The second-order valence-electron chi connectivity index (χ2n) is 28.9. The predicted molar refractivity (Wildman–Crippen MR) is 484 cm³/mol. The molecule has 0 saturated carbocycles. The zero-order chi connectivity index (χ0) is 91.7. The van der Waals surface area contributed by atoms with Crippen molar-refractivity contribution in [3.8, 4) is 106 Å². The number of rotatable bonds is 23. The number of carboxylic acid groups (broad SMARTS) is 9. The highest BCUT2D eigenvalue weighted by molar-refractivity contribution is 6.32. The molecule has 0 aliphatic carbocycles. The lowest BCUT2D eigenvalue weighted by Gasteiger charge is -2.21. The third-order valence-electron chi connectivity index (χ3n) is 20.9. The molecule has 129 heavy (non-hydrogen) atoms. The normalized spacial score (nSPS) is 10.6. The number of ether oxygens (including phenoxy) is 3. The third-order valence-corrected chi connectivity index (χ3v) is 20.9. The highest BCUT2D eigenvalue weighted by Crippen LogP contribution is 2.49. The van der Waals surface area contributed by atoms with E-state index in [0.717, 1.165) is 121 Å². The minimum absolute atomic E-state index is 0.0833. The van der Waals surface area contributed by atoms with E-state index in [-0.39, 0.29) is 50.1 Å². The summed E-state index contributed by atoms with van der Waals surface area (Å²) < 4.78 is 15.0. The molecule has 0 bridgehead atoms. The zero-order valence-electron chi connectivity index (χ0n) is 67.6. The van der Waals surface area contributed by atoms with Gasteiger partial charge in [0.05, 0.1) is 50.1 Å². The smallest absolute Gasteiger partial charge is 0.335 e. The Labute approximate surface area is 732 Å². The van der Waals surface area contributed by atoms with Crippen LogP contribution in [-0.4, -0.2) is 119 Å². The Bertz CT molecular complexity index is 6940. The first-order chi connectivity index (χ1) is 62.1. The van der Waals surface area contributed by atoms with Crippen LogP contribution in [-0.2, 0) is 14.4 Å². The van der Waals surface area contributed by atoms with Gasteiger partial charge >= 0.3 is 53.7 Å². The monoisotopic (exact) mass is 1710 g/mol. The van der Waals surface area contributed by atoms with E-state index >= 15 is 0 Å². The van der Waals surface area contributed by atoms with Gasteiger partial charge in [0.15, 0.2) is 0 Å². The maximum absolute atomic E-state index is 11.7. The van der Waals surface area contributed by atoms with E-state index in [9.17, 15) is 72.9 Å². The second kappa shape index (κ2) is 39.7. The molecule has 0 aliphatic rings. The number of hydrogen-bond donors (Lipinski definition) is 9. The quantitative estimate of drug-likeness (QED) is 0.0212. The maximum atomic E-state index is 11.7. The van der Waals surface area contributed by atoms with E-state index in [1.54, 1.807) is 133 Å². The van der Waals surface area contributed by atoms with Gasteiger partial charge in [-0.15, -0.1) is 0 Å². The number of hydrogen-bond acceptors (Lipinski definition) is 15. The molecule has 0 aliphatic heterocycles. The average Bonchev–Trinajstić information content (AvgIpc) is 0.706. The van der Waals surface area contributed by atoms with Crippen LogP contribution in [0.2, 0.25) is 0 Å². The van der Waals surface area contributed by atoms with Gasteiger partial charge in [-0.3, -0.25) is 14.4 Å². The minimum Gasteiger partial charge on any atom is -0.478 e. The van der Waals surface area contributed by atoms with Gasteiger partial charge in [0, 0.05) is 0 Å². The molecule has 0 heterocycles. The summed E-state index contributed by atoms with van der Waals surface area (Å²) in [5, 5.41) is 87.9. The van der Waals surface area contributed by atoms with E-state index in [0.29, 0.717) is 47.4 Å². The number of carbonyl (C=O) groups excluding carboxylic acids is 3. The molecule has 17 rings (SSSR count). The predicted octanol–water partition coefficient (Wildman–Crippen LogP) is 22.0. The van der Waals surface area contributed by atoms with Crippen LogP contribution in [0.5, 0.6) is 17.2 Å². The third kappa shape index (κ3) is 20.9. The van der Waals surface area contributed by atoms with E-state index < -0.39 is 53.7 Å². The van der Waals surface area contributed by atoms with Crippen molar-refractivity contribution in [3.05, 3.63) is 389 Å². The van der Waals surface area contributed by atoms with Crippen LogP contribution in [0.1, 0.15) is 98.8 Å². The number of carbonyl (C=O) groups is 12. The minimum atomic E-state index is -1.06. The molecule has 17 aromatic rings. The molecular formula is C105H70O24. The van der Waals surface area contributed by atoms with Gasteiger partial charge in [-0.1, -0.05) is 163 Å². The number of aromatic carboxylic acids is 9. The topological polar surface area (TPSA) is 415 Å². The Hall–Kier alpha value is -18.3. The molecule has 634 valence electrons. The summed E-state index contributed by atoms with van der Waals surface area (Å²) in [5.74, 6) is -7.68. The van der Waals surface area contributed by atoms with Crippen molar-refractivity contribution in [2.45, 2.75) is 6.92 Å². The molecule has 0 aromatic heterocycles. The fraction of sp³-hybridized carbons (Fsp3) is 0.00952. The SMILES string of the molecule is Cc1ccc(-c2cc(-c3ccc(OC=O)cc3)c3ccc4c(-c5ccc(OC=O)cc5)cc(-c5ccc(C(=O)O)cc5)c5ccc2c3c45)cc1.O=C(O)c1ccc(-c2ccc(C(=O)O)cc2)cc1.O=C(O)c1ccc(C(=O)O)cc1.O=C(O)c1ccc2cc(C(=O)O)ccc2c1.O=COc1ccc(-c2cc(-c3ccc(C(=O)O)cc3)cc(-c3ccc(C(=O)O)cc3)c2)cc1. The lowest BCUT2D eigenvalue weighted by Crippen LogP contribution is -1.99. The summed E-state index contributed by atoms with van der Waals surface area (Å²) in [6.45, 7) is 3.28. The Morgan fingerprint density at radius 2 is 0.372 bits per heavy atom. The first-order valence-electron chi connectivity index (χ1n) is 39.0. The van der Waals surface area contributed by atoms with Crippen molar-refractivity contribution < 1.29 is 118 Å². The van der Waals surface area contributed by atoms with Gasteiger partial charge in [0.25, 0.3) is 19.4 Å². The van der Waals surface area contributed by atoms with E-state index in [1.165, 1.54) is 78.4 Å². The number of fused-ring (bicyclic) bond motifs is 1. The summed E-state index contributed by atoms with van der Waals surface area (Å²) in [6, 6.07) is 96.7. The lowest BCUT2D eigenvalue weighted by molar-refractivity contribution is -0.121. The highest BCUT2D eigenvalue weighted by atomic mass is 16.5. The number of aryl methyl sites for hydroxylation is 1. The van der Waals surface area contributed by atoms with E-state index in [4.69, 9.17) is 44.8 Å². The number of carboxylic acids is 9. The van der Waals surface area contributed by atoms with Crippen molar-refractivity contribution in [1.29, 1.82) is 0 Å². The van der Waals surface area contributed by atoms with Gasteiger partial charge in [0.2, 0.25) is 0 Å². The highest BCUT2D eigenvalue weighted by Gasteiger charge is 2.23. The van der Waals surface area contributed by atoms with Gasteiger partial charge < -0.3 is 60.2 Å². The Kier molecular flexibility index (Phi) is 27.2. The number of benzene rings is 17. The lowest BCUT2D eigenvalue weighted by atomic mass is 9.82. The molecule has 0 unspecified atom stereocenters. The van der Waals surface area contributed by atoms with E-state index in [2.05, 4.69) is 67.6 Å². The largest absolute Gasteiger partial charge is 0.478 e. The molecular weight excluding hydrogens is 1650 g/mol. The van der Waals surface area contributed by atoms with E-state index in [1.807, 2.05) is 66.7 Å². The van der Waals surface area contributed by atoms with Crippen molar-refractivity contribution >= 4 is 116 Å². The van der Waals surface area contributed by atoms with Crippen LogP contribution in [0.3, 0.4) is 0 Å². The molecule has 9 N–H and O–H groups in total. The summed E-state index contributed by atoms with van der Waals surface area (Å²) in [5.41, 5.74) is 17.6. The Morgan fingerprint density at radius 3 is 0.589 bits per heavy atom. The molecule has 17 aromatic carbocycles. The van der Waals surface area contributed by atoms with Crippen molar-refractivity contribution in [1.82, 2.24) is 0 Å². The first kappa shape index (κ1) is 88.5. The van der Waals surface area contributed by atoms with Gasteiger partial charge in [-0.2, -0.15) is 0 Å². The van der Waals surface area contributed by atoms with Crippen LogP contribution < -0.4 is 14.2 Å². The Balaban J connectivity index is 0.000000153. The maximum Gasteiger partial charge on any atom is 0.335 e. The summed E-state index contributed by atoms with van der Waals surface area (Å²) >= 11 is 0. The molecule has 24 heteroatoms. The van der Waals surface area contributed by atoms with Crippen LogP contribution in [0.15, 0.2) is 334 Å². The second-order valence-corrected chi connectivity index (χ2v) is 28.9. The molecule has 0 radical (unpaired) electrons. The molecule has 0 amide bonds. The van der Waals surface area contributed by atoms with Gasteiger partial charge in [0.1, 0.15) is 17.2 Å². The zero-order valence-corrected chi connectivity index (χ0v) is 67.6. The van der Waals surface area contributed by atoms with Crippen LogP contribution >= 0.6 is 0 Å². The average molecular weight is 1720 g/mol. The van der Waals surface area contributed by atoms with Crippen molar-refractivity contribution in [3.63, 3.8) is 0 Å². The van der Waals surface area contributed by atoms with Crippen LogP contribution in [0, 0.1) is 6.92 Å².